The van der Waals surface area contributed by atoms with Gasteiger partial charge in [0.2, 0.25) is 5.91 Å². The molecule has 0 aliphatic carbocycles. The third-order valence-electron chi connectivity index (χ3n) is 5.02. The molecule has 2 aromatic heterocycles. The Morgan fingerprint density at radius 2 is 1.85 bits per heavy atom. The standard InChI is InChI=1S/C23H19Cl2N3O4S/c1-3-16-11-17-21(30)28(15-6-4-5-13(24)9-15)23(31)27(22(17)33-16)12-20(29)26-18-10-14(25)7-8-19(18)32-2/h4-11H,3,12H2,1-2H3,(H,26,29). The molecule has 2 heterocycles. The minimum absolute atomic E-state index is 0.310. The second kappa shape index (κ2) is 9.43. The van der Waals surface area contributed by atoms with Crippen LogP contribution in [0.3, 0.4) is 0 Å². The Morgan fingerprint density at radius 3 is 2.55 bits per heavy atom. The van der Waals surface area contributed by atoms with E-state index in [4.69, 9.17) is 27.9 Å². The van der Waals surface area contributed by atoms with Crippen molar-refractivity contribution in [2.24, 2.45) is 0 Å². The highest BCUT2D eigenvalue weighted by molar-refractivity contribution is 7.18. The Balaban J connectivity index is 1.84. The fraction of sp³-hybridized carbons (Fsp3) is 0.174. The van der Waals surface area contributed by atoms with E-state index in [2.05, 4.69) is 5.32 Å². The van der Waals surface area contributed by atoms with Crippen LogP contribution in [0.4, 0.5) is 5.69 Å². The molecular weight excluding hydrogens is 485 g/mol. The maximum Gasteiger partial charge on any atom is 0.337 e. The van der Waals surface area contributed by atoms with Crippen LogP contribution in [0.5, 0.6) is 5.75 Å². The number of aryl methyl sites for hydroxylation is 1. The predicted octanol–water partition coefficient (Wildman–Crippen LogP) is 4.73. The number of rotatable bonds is 6. The van der Waals surface area contributed by atoms with Crippen molar-refractivity contribution in [2.45, 2.75) is 19.9 Å². The predicted molar refractivity (Wildman–Crippen MR) is 133 cm³/mol. The number of hydrogen-bond acceptors (Lipinski definition) is 5. The van der Waals surface area contributed by atoms with Gasteiger partial charge in [0.15, 0.2) is 0 Å². The summed E-state index contributed by atoms with van der Waals surface area (Å²) in [6.45, 7) is 1.65. The van der Waals surface area contributed by atoms with Crippen LogP contribution < -0.4 is 21.3 Å². The maximum absolute atomic E-state index is 13.4. The van der Waals surface area contributed by atoms with Crippen molar-refractivity contribution in [1.29, 1.82) is 0 Å². The van der Waals surface area contributed by atoms with Crippen molar-refractivity contribution in [3.05, 3.63) is 84.3 Å². The van der Waals surface area contributed by atoms with Crippen molar-refractivity contribution in [1.82, 2.24) is 9.13 Å². The highest BCUT2D eigenvalue weighted by Gasteiger charge is 2.20. The summed E-state index contributed by atoms with van der Waals surface area (Å²) in [5.41, 5.74) is -0.383. The molecule has 0 saturated carbocycles. The van der Waals surface area contributed by atoms with E-state index in [1.807, 2.05) is 6.92 Å². The molecule has 1 amide bonds. The molecule has 10 heteroatoms. The average molecular weight is 504 g/mol. The van der Waals surface area contributed by atoms with Crippen LogP contribution >= 0.6 is 34.5 Å². The molecule has 1 N–H and O–H groups in total. The third-order valence-corrected chi connectivity index (χ3v) is 6.79. The molecule has 4 aromatic rings. The van der Waals surface area contributed by atoms with Crippen molar-refractivity contribution in [2.75, 3.05) is 12.4 Å². The number of aromatic nitrogens is 2. The Kier molecular flexibility index (Phi) is 6.60. The molecular formula is C23H19Cl2N3O4S. The lowest BCUT2D eigenvalue weighted by molar-refractivity contribution is -0.116. The van der Waals surface area contributed by atoms with Crippen molar-refractivity contribution in [3.63, 3.8) is 0 Å². The number of methoxy groups -OCH3 is 1. The second-order valence-electron chi connectivity index (χ2n) is 7.17. The number of hydrogen-bond donors (Lipinski definition) is 1. The third kappa shape index (κ3) is 4.55. The number of ether oxygens (including phenoxy) is 1. The van der Waals surface area contributed by atoms with Gasteiger partial charge in [0.25, 0.3) is 5.56 Å². The summed E-state index contributed by atoms with van der Waals surface area (Å²) in [6.07, 6.45) is 0.691. The lowest BCUT2D eigenvalue weighted by atomic mass is 10.2. The summed E-state index contributed by atoms with van der Waals surface area (Å²) in [4.78, 5) is 41.0. The van der Waals surface area contributed by atoms with Crippen LogP contribution in [-0.2, 0) is 17.8 Å². The van der Waals surface area contributed by atoms with E-state index in [0.717, 1.165) is 9.44 Å². The first-order valence-electron chi connectivity index (χ1n) is 10.00. The lowest BCUT2D eigenvalue weighted by Crippen LogP contribution is -2.40. The number of amides is 1. The van der Waals surface area contributed by atoms with E-state index >= 15 is 0 Å². The minimum atomic E-state index is -0.632. The lowest BCUT2D eigenvalue weighted by Gasteiger charge is -2.14. The zero-order valence-corrected chi connectivity index (χ0v) is 20.1. The smallest absolute Gasteiger partial charge is 0.337 e. The summed E-state index contributed by atoms with van der Waals surface area (Å²) in [6, 6.07) is 13.1. The van der Waals surface area contributed by atoms with Crippen LogP contribution in [0.1, 0.15) is 11.8 Å². The minimum Gasteiger partial charge on any atom is -0.495 e. The van der Waals surface area contributed by atoms with E-state index in [-0.39, 0.29) is 6.54 Å². The first kappa shape index (κ1) is 23.1. The molecule has 0 fully saturated rings. The van der Waals surface area contributed by atoms with E-state index in [9.17, 15) is 14.4 Å². The molecule has 0 atom stereocenters. The number of anilines is 1. The molecule has 0 aliphatic heterocycles. The highest BCUT2D eigenvalue weighted by atomic mass is 35.5. The number of nitrogens with zero attached hydrogens (tertiary/aromatic N) is 2. The quantitative estimate of drug-likeness (QED) is 0.412. The van der Waals surface area contributed by atoms with Gasteiger partial charge in [-0.25, -0.2) is 9.36 Å². The van der Waals surface area contributed by atoms with Gasteiger partial charge in [0.05, 0.1) is 23.9 Å². The molecule has 0 bridgehead atoms. The summed E-state index contributed by atoms with van der Waals surface area (Å²) in [5.74, 6) is -0.0414. The van der Waals surface area contributed by atoms with E-state index in [0.29, 0.717) is 43.8 Å². The zero-order chi connectivity index (χ0) is 23.7. The summed E-state index contributed by atoms with van der Waals surface area (Å²) >= 11 is 13.5. The topological polar surface area (TPSA) is 82.3 Å². The number of halogens is 2. The summed E-state index contributed by atoms with van der Waals surface area (Å²) in [7, 11) is 1.48. The number of fused-ring (bicyclic) bond motifs is 1. The van der Waals surface area contributed by atoms with Gasteiger partial charge < -0.3 is 10.1 Å². The van der Waals surface area contributed by atoms with E-state index in [1.165, 1.54) is 29.1 Å². The van der Waals surface area contributed by atoms with E-state index < -0.39 is 17.2 Å². The Hall–Kier alpha value is -3.07. The fourth-order valence-electron chi connectivity index (χ4n) is 3.47. The highest BCUT2D eigenvalue weighted by Crippen LogP contribution is 2.28. The Bertz CT molecular complexity index is 1490. The first-order chi connectivity index (χ1) is 15.8. The van der Waals surface area contributed by atoms with Gasteiger partial charge in [-0.15, -0.1) is 11.3 Å². The average Bonchev–Trinajstić information content (AvgIpc) is 3.22. The molecule has 7 nitrogen and oxygen atoms in total. The number of thiophene rings is 1. The Labute approximate surface area is 202 Å². The maximum atomic E-state index is 13.4. The van der Waals surface area contributed by atoms with Crippen molar-refractivity contribution in [3.8, 4) is 11.4 Å². The van der Waals surface area contributed by atoms with Crippen LogP contribution in [0, 0.1) is 0 Å². The van der Waals surface area contributed by atoms with Gasteiger partial charge in [0.1, 0.15) is 17.1 Å². The van der Waals surface area contributed by atoms with E-state index in [1.54, 1.807) is 42.5 Å². The number of carbonyl (C=O) groups excluding carboxylic acids is 1. The van der Waals surface area contributed by atoms with Gasteiger partial charge in [-0.2, -0.15) is 0 Å². The summed E-state index contributed by atoms with van der Waals surface area (Å²) in [5, 5.41) is 3.91. The number of nitrogens with one attached hydrogen (secondary N) is 1. The molecule has 0 saturated heterocycles. The molecule has 4 rings (SSSR count). The second-order valence-corrected chi connectivity index (χ2v) is 9.16. The normalized spacial score (nSPS) is 11.0. The van der Waals surface area contributed by atoms with Gasteiger partial charge in [-0.05, 0) is 48.9 Å². The van der Waals surface area contributed by atoms with Crippen molar-refractivity contribution >= 4 is 56.3 Å². The van der Waals surface area contributed by atoms with Crippen LogP contribution in [0.2, 0.25) is 10.0 Å². The van der Waals surface area contributed by atoms with Crippen LogP contribution in [-0.4, -0.2) is 22.2 Å². The molecule has 0 spiro atoms. The molecule has 0 aliphatic rings. The molecule has 0 radical (unpaired) electrons. The SMILES string of the molecule is CCc1cc2c(=O)n(-c3cccc(Cl)c3)c(=O)n(CC(=O)Nc3cc(Cl)ccc3OC)c2s1. The zero-order valence-electron chi connectivity index (χ0n) is 17.7. The molecule has 0 unspecified atom stereocenters. The number of benzene rings is 2. The van der Waals surface area contributed by atoms with Gasteiger partial charge in [-0.3, -0.25) is 14.2 Å². The number of carbonyl (C=O) groups is 1. The Morgan fingerprint density at radius 1 is 1.09 bits per heavy atom. The first-order valence-corrected chi connectivity index (χ1v) is 11.6. The fourth-order valence-corrected chi connectivity index (χ4v) is 4.90. The van der Waals surface area contributed by atoms with Gasteiger partial charge in [0, 0.05) is 14.9 Å². The summed E-state index contributed by atoms with van der Waals surface area (Å²) < 4.78 is 7.60. The molecule has 2 aromatic carbocycles. The largest absolute Gasteiger partial charge is 0.495 e. The van der Waals surface area contributed by atoms with Crippen LogP contribution in [0.15, 0.2) is 58.1 Å². The van der Waals surface area contributed by atoms with Gasteiger partial charge >= 0.3 is 5.69 Å². The van der Waals surface area contributed by atoms with Crippen LogP contribution in [0.25, 0.3) is 15.9 Å². The monoisotopic (exact) mass is 503 g/mol. The van der Waals surface area contributed by atoms with Gasteiger partial charge in [-0.1, -0.05) is 36.2 Å². The van der Waals surface area contributed by atoms with Crippen molar-refractivity contribution < 1.29 is 9.53 Å². The molecule has 33 heavy (non-hydrogen) atoms. The molecule has 170 valence electrons.